The SMILES string of the molecule is COc1ncccc1CCNC(=O)[C@@H]1CC[C@H](N)CN(C(C)=O)C1. The fourth-order valence-corrected chi connectivity index (χ4v) is 2.96. The predicted molar refractivity (Wildman–Crippen MR) is 90.5 cm³/mol. The Bertz CT molecular complexity index is 579. The van der Waals surface area contributed by atoms with E-state index in [2.05, 4.69) is 10.3 Å². The van der Waals surface area contributed by atoms with E-state index in [9.17, 15) is 9.59 Å². The van der Waals surface area contributed by atoms with Gasteiger partial charge < -0.3 is 20.7 Å². The van der Waals surface area contributed by atoms with Gasteiger partial charge in [0, 0.05) is 44.4 Å². The number of hydrogen-bond acceptors (Lipinski definition) is 5. The van der Waals surface area contributed by atoms with Crippen molar-refractivity contribution < 1.29 is 14.3 Å². The van der Waals surface area contributed by atoms with Crippen LogP contribution in [0.4, 0.5) is 0 Å². The third-order valence-corrected chi connectivity index (χ3v) is 4.33. The molecule has 2 atom stereocenters. The van der Waals surface area contributed by atoms with Crippen LogP contribution in [0.2, 0.25) is 0 Å². The summed E-state index contributed by atoms with van der Waals surface area (Å²) in [5.41, 5.74) is 6.94. The molecule has 0 aliphatic carbocycles. The number of nitrogens with two attached hydrogens (primary N) is 1. The first-order chi connectivity index (χ1) is 11.5. The van der Waals surface area contributed by atoms with Gasteiger partial charge in [-0.15, -0.1) is 0 Å². The molecule has 0 radical (unpaired) electrons. The molecule has 2 heterocycles. The first-order valence-electron chi connectivity index (χ1n) is 8.28. The zero-order valence-corrected chi connectivity index (χ0v) is 14.3. The first-order valence-corrected chi connectivity index (χ1v) is 8.28. The van der Waals surface area contributed by atoms with Crippen LogP contribution in [0.15, 0.2) is 18.3 Å². The lowest BCUT2D eigenvalue weighted by Gasteiger charge is -2.23. The summed E-state index contributed by atoms with van der Waals surface area (Å²) in [5.74, 6) is 0.302. The van der Waals surface area contributed by atoms with Crippen molar-refractivity contribution >= 4 is 11.8 Å². The van der Waals surface area contributed by atoms with Crippen LogP contribution in [0.3, 0.4) is 0 Å². The molecule has 7 heteroatoms. The van der Waals surface area contributed by atoms with Crippen molar-refractivity contribution in [2.24, 2.45) is 11.7 Å². The minimum atomic E-state index is -0.210. The van der Waals surface area contributed by atoms with Crippen molar-refractivity contribution in [3.63, 3.8) is 0 Å². The van der Waals surface area contributed by atoms with E-state index in [1.807, 2.05) is 12.1 Å². The molecule has 3 N–H and O–H groups in total. The molecule has 2 amide bonds. The van der Waals surface area contributed by atoms with Gasteiger partial charge in [0.2, 0.25) is 17.7 Å². The lowest BCUT2D eigenvalue weighted by atomic mass is 10.0. The number of carbonyl (C=O) groups excluding carboxylic acids is 2. The highest BCUT2D eigenvalue weighted by atomic mass is 16.5. The maximum atomic E-state index is 12.4. The Morgan fingerprint density at radius 3 is 2.92 bits per heavy atom. The average molecular weight is 334 g/mol. The molecule has 132 valence electrons. The zero-order valence-electron chi connectivity index (χ0n) is 14.3. The summed E-state index contributed by atoms with van der Waals surface area (Å²) in [6.45, 7) is 2.97. The Labute approximate surface area is 142 Å². The van der Waals surface area contributed by atoms with Crippen LogP contribution in [0, 0.1) is 5.92 Å². The lowest BCUT2D eigenvalue weighted by Crippen LogP contribution is -2.42. The van der Waals surface area contributed by atoms with Gasteiger partial charge in [-0.3, -0.25) is 9.59 Å². The van der Waals surface area contributed by atoms with E-state index < -0.39 is 0 Å². The van der Waals surface area contributed by atoms with Crippen molar-refractivity contribution in [1.82, 2.24) is 15.2 Å². The van der Waals surface area contributed by atoms with Gasteiger partial charge in [-0.05, 0) is 25.3 Å². The van der Waals surface area contributed by atoms with E-state index in [4.69, 9.17) is 10.5 Å². The maximum absolute atomic E-state index is 12.4. The third-order valence-electron chi connectivity index (χ3n) is 4.33. The predicted octanol–water partition coefficient (Wildman–Crippen LogP) is 0.335. The molecule has 7 nitrogen and oxygen atoms in total. The standard InChI is InChI=1S/C17H26N4O3/c1-12(22)21-10-14(5-6-15(18)11-21)16(23)19-9-7-13-4-3-8-20-17(13)24-2/h3-4,8,14-15H,5-7,9-11,18H2,1-2H3,(H,19,23)/t14-,15+/m1/s1. The molecule has 2 rings (SSSR count). The molecule has 0 spiro atoms. The minimum Gasteiger partial charge on any atom is -0.481 e. The summed E-state index contributed by atoms with van der Waals surface area (Å²) < 4.78 is 5.21. The maximum Gasteiger partial charge on any atom is 0.224 e. The van der Waals surface area contributed by atoms with E-state index in [0.29, 0.717) is 38.4 Å². The summed E-state index contributed by atoms with van der Waals surface area (Å²) in [6, 6.07) is 3.71. The first kappa shape index (κ1) is 18.2. The summed E-state index contributed by atoms with van der Waals surface area (Å²) in [5, 5.41) is 2.95. The summed E-state index contributed by atoms with van der Waals surface area (Å²) in [4.78, 5) is 29.9. The topological polar surface area (TPSA) is 97.5 Å². The molecule has 0 aromatic carbocycles. The number of pyridine rings is 1. The van der Waals surface area contributed by atoms with E-state index in [1.54, 1.807) is 18.2 Å². The molecule has 1 aromatic heterocycles. The second-order valence-corrected chi connectivity index (χ2v) is 6.17. The van der Waals surface area contributed by atoms with Crippen molar-refractivity contribution in [1.29, 1.82) is 0 Å². The summed E-state index contributed by atoms with van der Waals surface area (Å²) >= 11 is 0. The zero-order chi connectivity index (χ0) is 17.5. The van der Waals surface area contributed by atoms with Crippen molar-refractivity contribution in [2.45, 2.75) is 32.2 Å². The summed E-state index contributed by atoms with van der Waals surface area (Å²) in [7, 11) is 1.58. The molecular weight excluding hydrogens is 308 g/mol. The van der Waals surface area contributed by atoms with Crippen LogP contribution in [0.25, 0.3) is 0 Å². The Balaban J connectivity index is 1.88. The van der Waals surface area contributed by atoms with Gasteiger partial charge in [0.05, 0.1) is 13.0 Å². The average Bonchev–Trinajstić information content (AvgIpc) is 2.77. The van der Waals surface area contributed by atoms with Crippen molar-refractivity contribution in [2.75, 3.05) is 26.7 Å². The number of carbonyl (C=O) groups is 2. The van der Waals surface area contributed by atoms with Gasteiger partial charge in [0.25, 0.3) is 0 Å². The van der Waals surface area contributed by atoms with E-state index >= 15 is 0 Å². The van der Waals surface area contributed by atoms with E-state index in [0.717, 1.165) is 12.0 Å². The van der Waals surface area contributed by atoms with Crippen LogP contribution in [0.5, 0.6) is 5.88 Å². The third kappa shape index (κ3) is 4.92. The highest BCUT2D eigenvalue weighted by Gasteiger charge is 2.28. The fraction of sp³-hybridized carbons (Fsp3) is 0.588. The quantitative estimate of drug-likeness (QED) is 0.809. The fourth-order valence-electron chi connectivity index (χ4n) is 2.96. The smallest absolute Gasteiger partial charge is 0.224 e. The molecule has 1 saturated heterocycles. The number of nitrogens with one attached hydrogen (secondary N) is 1. The van der Waals surface area contributed by atoms with E-state index in [-0.39, 0.29) is 23.8 Å². The highest BCUT2D eigenvalue weighted by molar-refractivity contribution is 5.80. The lowest BCUT2D eigenvalue weighted by molar-refractivity contribution is -0.131. The van der Waals surface area contributed by atoms with Crippen LogP contribution >= 0.6 is 0 Å². The molecule has 24 heavy (non-hydrogen) atoms. The molecule has 1 aliphatic heterocycles. The second-order valence-electron chi connectivity index (χ2n) is 6.17. The Hall–Kier alpha value is -2.15. The van der Waals surface area contributed by atoms with Crippen LogP contribution in [-0.2, 0) is 16.0 Å². The van der Waals surface area contributed by atoms with Gasteiger partial charge in [0.15, 0.2) is 0 Å². The minimum absolute atomic E-state index is 0.0294. The molecule has 1 fully saturated rings. The molecular formula is C17H26N4O3. The number of ether oxygens (including phenoxy) is 1. The van der Waals surface area contributed by atoms with E-state index in [1.165, 1.54) is 6.92 Å². The molecule has 0 unspecified atom stereocenters. The molecule has 1 aliphatic rings. The highest BCUT2D eigenvalue weighted by Crippen LogP contribution is 2.17. The Morgan fingerprint density at radius 1 is 1.42 bits per heavy atom. The monoisotopic (exact) mass is 334 g/mol. The van der Waals surface area contributed by atoms with Gasteiger partial charge in [-0.2, -0.15) is 0 Å². The normalized spacial score (nSPS) is 21.0. The Morgan fingerprint density at radius 2 is 2.21 bits per heavy atom. The van der Waals surface area contributed by atoms with Gasteiger partial charge >= 0.3 is 0 Å². The molecule has 1 aromatic rings. The van der Waals surface area contributed by atoms with Crippen LogP contribution in [-0.4, -0.2) is 54.5 Å². The summed E-state index contributed by atoms with van der Waals surface area (Å²) in [6.07, 6.45) is 3.77. The second kappa shape index (κ2) is 8.63. The van der Waals surface area contributed by atoms with Gasteiger partial charge in [-0.25, -0.2) is 4.98 Å². The van der Waals surface area contributed by atoms with Gasteiger partial charge in [0.1, 0.15) is 0 Å². The van der Waals surface area contributed by atoms with Gasteiger partial charge in [-0.1, -0.05) is 6.07 Å². The van der Waals surface area contributed by atoms with Crippen molar-refractivity contribution in [3.8, 4) is 5.88 Å². The van der Waals surface area contributed by atoms with Crippen molar-refractivity contribution in [3.05, 3.63) is 23.9 Å². The number of rotatable bonds is 5. The molecule has 0 saturated carbocycles. The molecule has 0 bridgehead atoms. The number of aromatic nitrogens is 1. The number of amides is 2. The number of likely N-dealkylation sites (tertiary alicyclic amines) is 1. The largest absolute Gasteiger partial charge is 0.481 e. The number of hydrogen-bond donors (Lipinski definition) is 2. The van der Waals surface area contributed by atoms with Crippen LogP contribution in [0.1, 0.15) is 25.3 Å². The number of nitrogens with zero attached hydrogens (tertiary/aromatic N) is 2. The Kier molecular flexibility index (Phi) is 6.54. The number of methoxy groups -OCH3 is 1. The van der Waals surface area contributed by atoms with Crippen LogP contribution < -0.4 is 15.8 Å².